The lowest BCUT2D eigenvalue weighted by Crippen LogP contribution is -2.36. The SMILES string of the molecule is CCNC(=NCc1cccc(OC)c1)NCc1ccc(Cn2ccnc2)cc1. The molecule has 0 radical (unpaired) electrons. The summed E-state index contributed by atoms with van der Waals surface area (Å²) < 4.78 is 7.33. The second kappa shape index (κ2) is 10.2. The van der Waals surface area contributed by atoms with Crippen LogP contribution in [0.3, 0.4) is 0 Å². The van der Waals surface area contributed by atoms with E-state index in [9.17, 15) is 0 Å². The summed E-state index contributed by atoms with van der Waals surface area (Å²) in [7, 11) is 1.68. The normalized spacial score (nSPS) is 11.3. The Morgan fingerprint density at radius 2 is 1.89 bits per heavy atom. The highest BCUT2D eigenvalue weighted by Gasteiger charge is 2.01. The minimum Gasteiger partial charge on any atom is -0.497 e. The Bertz CT molecular complexity index is 872. The van der Waals surface area contributed by atoms with Crippen LogP contribution in [0.4, 0.5) is 0 Å². The average molecular weight is 377 g/mol. The van der Waals surface area contributed by atoms with Gasteiger partial charge in [0.15, 0.2) is 5.96 Å². The second-order valence-electron chi connectivity index (χ2n) is 6.45. The molecule has 0 unspecified atom stereocenters. The van der Waals surface area contributed by atoms with Gasteiger partial charge in [-0.25, -0.2) is 9.98 Å². The van der Waals surface area contributed by atoms with Gasteiger partial charge in [-0.2, -0.15) is 0 Å². The van der Waals surface area contributed by atoms with E-state index in [2.05, 4.69) is 62.4 Å². The van der Waals surface area contributed by atoms with Crippen molar-refractivity contribution in [3.8, 4) is 5.75 Å². The number of imidazole rings is 1. The van der Waals surface area contributed by atoms with E-state index in [1.54, 1.807) is 13.3 Å². The van der Waals surface area contributed by atoms with Crippen LogP contribution in [0.2, 0.25) is 0 Å². The van der Waals surface area contributed by atoms with E-state index in [1.165, 1.54) is 11.1 Å². The fourth-order valence-corrected chi connectivity index (χ4v) is 2.82. The number of nitrogens with zero attached hydrogens (tertiary/aromatic N) is 3. The molecule has 2 aromatic carbocycles. The molecule has 3 rings (SSSR count). The largest absolute Gasteiger partial charge is 0.497 e. The Morgan fingerprint density at radius 1 is 1.07 bits per heavy atom. The van der Waals surface area contributed by atoms with Gasteiger partial charge in [0.05, 0.1) is 20.0 Å². The van der Waals surface area contributed by atoms with Crippen LogP contribution in [-0.2, 0) is 19.6 Å². The summed E-state index contributed by atoms with van der Waals surface area (Å²) in [6.45, 7) is 5.02. The molecular weight excluding hydrogens is 350 g/mol. The van der Waals surface area contributed by atoms with Crippen LogP contribution in [0.1, 0.15) is 23.6 Å². The highest BCUT2D eigenvalue weighted by molar-refractivity contribution is 5.79. The molecular formula is C22H27N5O. The molecule has 6 heteroatoms. The topological polar surface area (TPSA) is 63.5 Å². The van der Waals surface area contributed by atoms with Crippen molar-refractivity contribution in [2.24, 2.45) is 4.99 Å². The van der Waals surface area contributed by atoms with Crippen molar-refractivity contribution >= 4 is 5.96 Å². The Kier molecular flexibility index (Phi) is 7.07. The molecule has 0 amide bonds. The molecule has 6 nitrogen and oxygen atoms in total. The maximum atomic E-state index is 5.27. The van der Waals surface area contributed by atoms with Crippen molar-refractivity contribution in [3.05, 3.63) is 83.9 Å². The number of hydrogen-bond acceptors (Lipinski definition) is 3. The summed E-state index contributed by atoms with van der Waals surface area (Å²) in [5.41, 5.74) is 3.57. The summed E-state index contributed by atoms with van der Waals surface area (Å²) in [5.74, 6) is 1.65. The third-order valence-corrected chi connectivity index (χ3v) is 4.31. The quantitative estimate of drug-likeness (QED) is 0.467. The lowest BCUT2D eigenvalue weighted by molar-refractivity contribution is 0.414. The fourth-order valence-electron chi connectivity index (χ4n) is 2.82. The Morgan fingerprint density at radius 3 is 2.61 bits per heavy atom. The molecule has 1 heterocycles. The van der Waals surface area contributed by atoms with E-state index < -0.39 is 0 Å². The Labute approximate surface area is 166 Å². The zero-order chi connectivity index (χ0) is 19.6. The molecule has 1 aromatic heterocycles. The molecule has 3 aromatic rings. The summed E-state index contributed by atoms with van der Waals surface area (Å²) in [6, 6.07) is 16.6. The molecule has 0 atom stereocenters. The number of aromatic nitrogens is 2. The number of rotatable bonds is 8. The van der Waals surface area contributed by atoms with Gasteiger partial charge >= 0.3 is 0 Å². The first-order valence-electron chi connectivity index (χ1n) is 9.45. The molecule has 0 saturated heterocycles. The molecule has 0 aliphatic carbocycles. The maximum absolute atomic E-state index is 5.27. The van der Waals surface area contributed by atoms with Crippen molar-refractivity contribution < 1.29 is 4.74 Å². The minimum absolute atomic E-state index is 0.594. The van der Waals surface area contributed by atoms with Crippen LogP contribution in [0.5, 0.6) is 5.75 Å². The molecule has 2 N–H and O–H groups in total. The van der Waals surface area contributed by atoms with E-state index in [1.807, 2.05) is 30.7 Å². The number of benzene rings is 2. The lowest BCUT2D eigenvalue weighted by atomic mass is 10.1. The van der Waals surface area contributed by atoms with Gasteiger partial charge in [0.1, 0.15) is 5.75 Å². The number of aliphatic imine (C=N–C) groups is 1. The molecule has 0 spiro atoms. The molecule has 146 valence electrons. The highest BCUT2D eigenvalue weighted by Crippen LogP contribution is 2.13. The molecule has 0 aliphatic heterocycles. The third-order valence-electron chi connectivity index (χ3n) is 4.31. The molecule has 0 fully saturated rings. The van der Waals surface area contributed by atoms with Crippen molar-refractivity contribution in [1.29, 1.82) is 0 Å². The van der Waals surface area contributed by atoms with Crippen molar-refractivity contribution in [2.75, 3.05) is 13.7 Å². The zero-order valence-corrected chi connectivity index (χ0v) is 16.4. The predicted octanol–water partition coefficient (Wildman–Crippen LogP) is 3.20. The van der Waals surface area contributed by atoms with Crippen LogP contribution in [0.15, 0.2) is 72.2 Å². The Hall–Kier alpha value is -3.28. The van der Waals surface area contributed by atoms with E-state index in [4.69, 9.17) is 4.74 Å². The van der Waals surface area contributed by atoms with E-state index in [-0.39, 0.29) is 0 Å². The first-order valence-corrected chi connectivity index (χ1v) is 9.45. The van der Waals surface area contributed by atoms with E-state index in [0.717, 1.165) is 36.9 Å². The molecule has 28 heavy (non-hydrogen) atoms. The van der Waals surface area contributed by atoms with Crippen molar-refractivity contribution in [2.45, 2.75) is 26.6 Å². The Balaban J connectivity index is 1.56. The van der Waals surface area contributed by atoms with Gasteiger partial charge in [0.25, 0.3) is 0 Å². The predicted molar refractivity (Wildman–Crippen MR) is 112 cm³/mol. The van der Waals surface area contributed by atoms with E-state index in [0.29, 0.717) is 6.54 Å². The number of ether oxygens (including phenoxy) is 1. The number of hydrogen-bond donors (Lipinski definition) is 2. The second-order valence-corrected chi connectivity index (χ2v) is 6.45. The van der Waals surface area contributed by atoms with Gasteiger partial charge in [-0.05, 0) is 35.7 Å². The number of methoxy groups -OCH3 is 1. The van der Waals surface area contributed by atoms with Gasteiger partial charge in [-0.3, -0.25) is 0 Å². The highest BCUT2D eigenvalue weighted by atomic mass is 16.5. The number of guanidine groups is 1. The zero-order valence-electron chi connectivity index (χ0n) is 16.4. The van der Waals surface area contributed by atoms with Gasteiger partial charge in [0.2, 0.25) is 0 Å². The van der Waals surface area contributed by atoms with Gasteiger partial charge in [-0.1, -0.05) is 36.4 Å². The summed E-state index contributed by atoms with van der Waals surface area (Å²) in [6.07, 6.45) is 5.60. The van der Waals surface area contributed by atoms with Crippen molar-refractivity contribution in [3.63, 3.8) is 0 Å². The number of nitrogens with one attached hydrogen (secondary N) is 2. The molecule has 0 bridgehead atoms. The standard InChI is InChI=1S/C22H27N5O/c1-3-24-22(26-15-20-5-4-6-21(13-20)28-2)25-14-18-7-9-19(10-8-18)16-27-12-11-23-17-27/h4-13,17H,3,14-16H2,1-2H3,(H2,24,25,26). The maximum Gasteiger partial charge on any atom is 0.191 e. The smallest absolute Gasteiger partial charge is 0.191 e. The fraction of sp³-hybridized carbons (Fsp3) is 0.273. The first kappa shape index (κ1) is 19.5. The van der Waals surface area contributed by atoms with Crippen molar-refractivity contribution in [1.82, 2.24) is 20.2 Å². The summed E-state index contributed by atoms with van der Waals surface area (Å²) >= 11 is 0. The molecule has 0 saturated carbocycles. The van der Waals surface area contributed by atoms with Crippen LogP contribution in [-0.4, -0.2) is 29.2 Å². The average Bonchev–Trinajstić information content (AvgIpc) is 3.24. The van der Waals surface area contributed by atoms with Gasteiger partial charge in [-0.15, -0.1) is 0 Å². The van der Waals surface area contributed by atoms with Crippen LogP contribution in [0, 0.1) is 0 Å². The summed E-state index contributed by atoms with van der Waals surface area (Å²) in [5, 5.41) is 6.68. The molecule has 0 aliphatic rings. The minimum atomic E-state index is 0.594. The third kappa shape index (κ3) is 5.87. The summed E-state index contributed by atoms with van der Waals surface area (Å²) in [4.78, 5) is 8.75. The van der Waals surface area contributed by atoms with Crippen LogP contribution in [0.25, 0.3) is 0 Å². The monoisotopic (exact) mass is 377 g/mol. The van der Waals surface area contributed by atoms with Gasteiger partial charge in [0, 0.05) is 32.0 Å². The van der Waals surface area contributed by atoms with Crippen LogP contribution >= 0.6 is 0 Å². The van der Waals surface area contributed by atoms with E-state index >= 15 is 0 Å². The lowest BCUT2D eigenvalue weighted by Gasteiger charge is -2.12. The van der Waals surface area contributed by atoms with Gasteiger partial charge < -0.3 is 19.9 Å². The first-order chi connectivity index (χ1) is 13.8. The van der Waals surface area contributed by atoms with Crippen LogP contribution < -0.4 is 15.4 Å².